The molecule has 4 aromatic rings. The van der Waals surface area contributed by atoms with E-state index >= 15 is 0 Å². The summed E-state index contributed by atoms with van der Waals surface area (Å²) in [6.45, 7) is 1.62. The van der Waals surface area contributed by atoms with Gasteiger partial charge in [-0.1, -0.05) is 30.3 Å². The fourth-order valence-electron chi connectivity index (χ4n) is 4.60. The lowest BCUT2D eigenvalue weighted by Crippen LogP contribution is -2.28. The molecule has 0 spiro atoms. The Kier molecular flexibility index (Phi) is 8.69. The maximum Gasteiger partial charge on any atom is 0.221 e. The van der Waals surface area contributed by atoms with Gasteiger partial charge in [-0.15, -0.1) is 0 Å². The summed E-state index contributed by atoms with van der Waals surface area (Å²) >= 11 is 0. The van der Waals surface area contributed by atoms with Crippen molar-refractivity contribution in [3.05, 3.63) is 89.6 Å². The van der Waals surface area contributed by atoms with E-state index in [1.165, 1.54) is 0 Å². The van der Waals surface area contributed by atoms with E-state index in [2.05, 4.69) is 40.3 Å². The molecule has 0 aliphatic heterocycles. The monoisotopic (exact) mass is 502 g/mol. The van der Waals surface area contributed by atoms with E-state index in [-0.39, 0.29) is 18.2 Å². The highest BCUT2D eigenvalue weighted by molar-refractivity contribution is 5.87. The number of para-hydroxylation sites is 1. The summed E-state index contributed by atoms with van der Waals surface area (Å²) in [5.41, 5.74) is 4.28. The quantitative estimate of drug-likeness (QED) is 0.276. The first-order valence-electron chi connectivity index (χ1n) is 12.3. The number of methoxy groups -OCH3 is 4. The first kappa shape index (κ1) is 26.1. The maximum atomic E-state index is 13.0. The maximum absolute atomic E-state index is 13.0. The summed E-state index contributed by atoms with van der Waals surface area (Å²) in [5.74, 6) is 1.93. The molecule has 0 unspecified atom stereocenters. The lowest BCUT2D eigenvalue weighted by molar-refractivity contribution is -0.121. The molecule has 1 N–H and O–H groups in total. The van der Waals surface area contributed by atoms with Crippen LogP contribution in [0.4, 0.5) is 0 Å². The van der Waals surface area contributed by atoms with Crippen molar-refractivity contribution in [3.8, 4) is 17.2 Å². The molecule has 0 bridgehead atoms. The van der Waals surface area contributed by atoms with Gasteiger partial charge in [0, 0.05) is 55.7 Å². The van der Waals surface area contributed by atoms with Crippen LogP contribution in [0.5, 0.6) is 17.2 Å². The molecule has 1 amide bonds. The van der Waals surface area contributed by atoms with Crippen LogP contribution < -0.4 is 19.5 Å². The molecular formula is C30H34N2O5. The van der Waals surface area contributed by atoms with Crippen LogP contribution in [0.15, 0.2) is 72.9 Å². The van der Waals surface area contributed by atoms with Crippen molar-refractivity contribution in [1.29, 1.82) is 0 Å². The number of rotatable bonds is 12. The van der Waals surface area contributed by atoms with Gasteiger partial charge >= 0.3 is 0 Å². The van der Waals surface area contributed by atoms with Crippen molar-refractivity contribution in [2.45, 2.75) is 18.9 Å². The van der Waals surface area contributed by atoms with Crippen LogP contribution in [0, 0.1) is 0 Å². The van der Waals surface area contributed by atoms with Gasteiger partial charge in [0.05, 0.1) is 27.9 Å². The van der Waals surface area contributed by atoms with Gasteiger partial charge in [-0.25, -0.2) is 0 Å². The highest BCUT2D eigenvalue weighted by Gasteiger charge is 2.24. The van der Waals surface area contributed by atoms with Gasteiger partial charge in [-0.05, 0) is 47.0 Å². The number of benzene rings is 3. The third-order valence-corrected chi connectivity index (χ3v) is 6.50. The highest BCUT2D eigenvalue weighted by atomic mass is 16.5. The van der Waals surface area contributed by atoms with E-state index in [1.807, 2.05) is 42.5 Å². The lowest BCUT2D eigenvalue weighted by Gasteiger charge is -2.19. The van der Waals surface area contributed by atoms with Gasteiger partial charge in [0.1, 0.15) is 17.2 Å². The Labute approximate surface area is 217 Å². The van der Waals surface area contributed by atoms with Crippen molar-refractivity contribution in [2.75, 3.05) is 41.6 Å². The fourth-order valence-corrected chi connectivity index (χ4v) is 4.60. The Morgan fingerprint density at radius 3 is 2.19 bits per heavy atom. The Hall–Kier alpha value is -3.97. The summed E-state index contributed by atoms with van der Waals surface area (Å²) in [6, 6.07) is 22.2. The number of aromatic nitrogens is 1. The van der Waals surface area contributed by atoms with Crippen molar-refractivity contribution in [3.63, 3.8) is 0 Å². The number of carbonyl (C=O) groups excluding carboxylic acids is 1. The fraction of sp³-hybridized carbons (Fsp3) is 0.300. The van der Waals surface area contributed by atoms with Crippen LogP contribution in [-0.4, -0.2) is 52.1 Å². The third kappa shape index (κ3) is 6.24. The molecule has 37 heavy (non-hydrogen) atoms. The normalized spacial score (nSPS) is 11.8. The van der Waals surface area contributed by atoms with E-state index in [4.69, 9.17) is 18.9 Å². The molecule has 4 rings (SSSR count). The molecule has 0 saturated carbocycles. The van der Waals surface area contributed by atoms with Crippen molar-refractivity contribution < 1.29 is 23.7 Å². The largest absolute Gasteiger partial charge is 0.497 e. The standard InChI is InChI=1S/C30H34N2O5/c1-34-14-13-31-30(33)18-27(22-15-24(36-3)17-25(16-22)37-4)28-20-32(29-8-6-5-7-26(28)29)19-21-9-11-23(35-2)12-10-21/h5-12,15-17,20,27H,13-14,18-19H2,1-4H3,(H,31,33)/t27-/m1/s1. The molecule has 0 saturated heterocycles. The average molecular weight is 503 g/mol. The smallest absolute Gasteiger partial charge is 0.221 e. The molecule has 0 aliphatic rings. The van der Waals surface area contributed by atoms with Crippen molar-refractivity contribution >= 4 is 16.8 Å². The van der Waals surface area contributed by atoms with Gasteiger partial charge in [0.15, 0.2) is 0 Å². The second kappa shape index (κ2) is 12.3. The number of nitrogens with one attached hydrogen (secondary N) is 1. The summed E-state index contributed by atoms with van der Waals surface area (Å²) in [5, 5.41) is 4.08. The van der Waals surface area contributed by atoms with Crippen molar-refractivity contribution in [2.24, 2.45) is 0 Å². The van der Waals surface area contributed by atoms with Gasteiger partial charge in [0.25, 0.3) is 0 Å². The number of nitrogens with zero attached hydrogens (tertiary/aromatic N) is 1. The first-order valence-corrected chi connectivity index (χ1v) is 12.3. The van der Waals surface area contributed by atoms with Crippen LogP contribution in [-0.2, 0) is 16.1 Å². The summed E-state index contributed by atoms with van der Waals surface area (Å²) in [7, 11) is 6.55. The topological polar surface area (TPSA) is 71.0 Å². The predicted octanol–water partition coefficient (Wildman–Crippen LogP) is 5.00. The molecule has 1 aromatic heterocycles. The Morgan fingerprint density at radius 2 is 1.54 bits per heavy atom. The lowest BCUT2D eigenvalue weighted by atomic mass is 9.87. The Bertz CT molecular complexity index is 1310. The third-order valence-electron chi connectivity index (χ3n) is 6.50. The zero-order valence-electron chi connectivity index (χ0n) is 21.8. The molecule has 0 radical (unpaired) electrons. The number of fused-ring (bicyclic) bond motifs is 1. The van der Waals surface area contributed by atoms with Crippen LogP contribution in [0.3, 0.4) is 0 Å². The number of amides is 1. The first-order chi connectivity index (χ1) is 18.1. The minimum absolute atomic E-state index is 0.0455. The molecule has 1 atom stereocenters. The number of hydrogen-bond acceptors (Lipinski definition) is 5. The van der Waals surface area contributed by atoms with Gasteiger partial charge < -0.3 is 28.8 Å². The molecule has 7 heteroatoms. The Morgan fingerprint density at radius 1 is 0.865 bits per heavy atom. The average Bonchev–Trinajstić information content (AvgIpc) is 3.29. The molecule has 1 heterocycles. The minimum atomic E-state index is -0.214. The van der Waals surface area contributed by atoms with Crippen LogP contribution in [0.1, 0.15) is 29.0 Å². The zero-order valence-corrected chi connectivity index (χ0v) is 21.8. The molecule has 0 aliphatic carbocycles. The van der Waals surface area contributed by atoms with Crippen LogP contribution >= 0.6 is 0 Å². The van der Waals surface area contributed by atoms with Crippen molar-refractivity contribution in [1.82, 2.24) is 9.88 Å². The molecule has 3 aromatic carbocycles. The number of ether oxygens (including phenoxy) is 4. The van der Waals surface area contributed by atoms with Gasteiger partial charge in [-0.2, -0.15) is 0 Å². The summed E-state index contributed by atoms with van der Waals surface area (Å²) in [4.78, 5) is 13.0. The van der Waals surface area contributed by atoms with Gasteiger partial charge in [0.2, 0.25) is 5.91 Å². The van der Waals surface area contributed by atoms with Gasteiger partial charge in [-0.3, -0.25) is 4.79 Å². The minimum Gasteiger partial charge on any atom is -0.497 e. The zero-order chi connectivity index (χ0) is 26.2. The highest BCUT2D eigenvalue weighted by Crippen LogP contribution is 2.38. The number of hydrogen-bond donors (Lipinski definition) is 1. The predicted molar refractivity (Wildman–Crippen MR) is 145 cm³/mol. The Balaban J connectivity index is 1.78. The van der Waals surface area contributed by atoms with Crippen LogP contribution in [0.25, 0.3) is 10.9 Å². The van der Waals surface area contributed by atoms with E-state index in [9.17, 15) is 4.79 Å². The molecular weight excluding hydrogens is 468 g/mol. The molecule has 7 nitrogen and oxygen atoms in total. The molecule has 194 valence electrons. The van der Waals surface area contributed by atoms with E-state index in [1.54, 1.807) is 28.4 Å². The van der Waals surface area contributed by atoms with E-state index < -0.39 is 0 Å². The summed E-state index contributed by atoms with van der Waals surface area (Å²) in [6.07, 6.45) is 2.44. The second-order valence-corrected chi connectivity index (χ2v) is 8.82. The van der Waals surface area contributed by atoms with Crippen LogP contribution in [0.2, 0.25) is 0 Å². The SMILES string of the molecule is COCCNC(=O)C[C@H](c1cc(OC)cc(OC)c1)c1cn(Cc2ccc(OC)cc2)c2ccccc12. The molecule has 0 fully saturated rings. The van der Waals surface area contributed by atoms with E-state index in [0.29, 0.717) is 31.2 Å². The van der Waals surface area contributed by atoms with E-state index in [0.717, 1.165) is 33.3 Å². The second-order valence-electron chi connectivity index (χ2n) is 8.82. The summed E-state index contributed by atoms with van der Waals surface area (Å²) < 4.78 is 23.7. The number of carbonyl (C=O) groups is 1.